The molecule has 2 aliphatic carbocycles. The van der Waals surface area contributed by atoms with Crippen molar-refractivity contribution in [3.05, 3.63) is 281 Å². The lowest BCUT2D eigenvalue weighted by molar-refractivity contribution is 0.616. The molecule has 1 heterocycles. The second-order valence-corrected chi connectivity index (χ2v) is 15.9. The molecule has 60 heavy (non-hydrogen) atoms. The van der Waals surface area contributed by atoms with Crippen LogP contribution in [0.15, 0.2) is 241 Å². The molecule has 0 bridgehead atoms. The fraction of sp³-hybridized carbons (Fsp3) is 0.0345. The topological polar surface area (TPSA) is 16.4 Å². The highest BCUT2D eigenvalue weighted by molar-refractivity contribution is 6.02. The van der Waals surface area contributed by atoms with Crippen molar-refractivity contribution in [2.24, 2.45) is 0 Å². The maximum atomic E-state index is 6.40. The first-order valence-electron chi connectivity index (χ1n) is 20.8. The zero-order valence-corrected chi connectivity index (χ0v) is 32.9. The number of rotatable bonds is 7. The first kappa shape index (κ1) is 34.4. The van der Waals surface area contributed by atoms with E-state index in [0.717, 1.165) is 28.0 Å². The standard InChI is InChI=1S/C58H39NO/c1-5-20-41(21-6-1)57(42-22-7-2-8-23-42)49-30-15-13-28-46(49)48-39-45(35-36-51(48)57)59(54-34-17-19-40-37-38-60-56(40)54)53-33-18-32-52-55(53)47-29-14-16-31-50(47)58(52,43-24-9-3-10-25-43)44-26-11-4-12-27-44/h1-39H. The Bertz CT molecular complexity index is 3120. The fourth-order valence-corrected chi connectivity index (χ4v) is 10.8. The molecule has 2 heteroatoms. The fourth-order valence-electron chi connectivity index (χ4n) is 10.8. The normalized spacial score (nSPS) is 13.9. The summed E-state index contributed by atoms with van der Waals surface area (Å²) in [7, 11) is 0. The van der Waals surface area contributed by atoms with E-state index in [0.29, 0.717) is 0 Å². The van der Waals surface area contributed by atoms with E-state index in [1.54, 1.807) is 6.26 Å². The van der Waals surface area contributed by atoms with Crippen molar-refractivity contribution in [3.8, 4) is 22.3 Å². The molecule has 2 nitrogen and oxygen atoms in total. The van der Waals surface area contributed by atoms with Crippen LogP contribution in [0.3, 0.4) is 0 Å². The second-order valence-electron chi connectivity index (χ2n) is 15.9. The van der Waals surface area contributed by atoms with Crippen molar-refractivity contribution in [1.29, 1.82) is 0 Å². The average Bonchev–Trinajstić information content (AvgIpc) is 4.02. The summed E-state index contributed by atoms with van der Waals surface area (Å²) in [5, 5.41) is 1.06. The van der Waals surface area contributed by atoms with Gasteiger partial charge in [0.1, 0.15) is 0 Å². The van der Waals surface area contributed by atoms with Crippen molar-refractivity contribution in [1.82, 2.24) is 0 Å². The van der Waals surface area contributed by atoms with Gasteiger partial charge in [-0.2, -0.15) is 0 Å². The summed E-state index contributed by atoms with van der Waals surface area (Å²) in [6.07, 6.45) is 1.81. The molecular weight excluding hydrogens is 727 g/mol. The van der Waals surface area contributed by atoms with Crippen molar-refractivity contribution < 1.29 is 4.42 Å². The van der Waals surface area contributed by atoms with Crippen LogP contribution in [0, 0.1) is 0 Å². The van der Waals surface area contributed by atoms with Gasteiger partial charge in [-0.25, -0.2) is 0 Å². The maximum absolute atomic E-state index is 6.40. The Labute approximate surface area is 350 Å². The largest absolute Gasteiger partial charge is 0.462 e. The Balaban J connectivity index is 1.17. The molecule has 2 aliphatic rings. The number of hydrogen-bond acceptors (Lipinski definition) is 2. The lowest BCUT2D eigenvalue weighted by Gasteiger charge is -2.35. The summed E-state index contributed by atoms with van der Waals surface area (Å²) in [6.45, 7) is 0. The molecule has 0 radical (unpaired) electrons. The van der Waals surface area contributed by atoms with Gasteiger partial charge in [0, 0.05) is 16.6 Å². The van der Waals surface area contributed by atoms with Gasteiger partial charge >= 0.3 is 0 Å². The highest BCUT2D eigenvalue weighted by atomic mass is 16.3. The Kier molecular flexibility index (Phi) is 7.70. The summed E-state index contributed by atoms with van der Waals surface area (Å²) in [5.41, 5.74) is 18.0. The summed E-state index contributed by atoms with van der Waals surface area (Å²) in [4.78, 5) is 2.45. The van der Waals surface area contributed by atoms with Gasteiger partial charge in [0.15, 0.2) is 5.58 Å². The number of para-hydroxylation sites is 1. The first-order chi connectivity index (χ1) is 29.8. The highest BCUT2D eigenvalue weighted by Gasteiger charge is 2.48. The Morgan fingerprint density at radius 2 is 0.800 bits per heavy atom. The van der Waals surface area contributed by atoms with Gasteiger partial charge in [-0.1, -0.05) is 200 Å². The van der Waals surface area contributed by atoms with E-state index < -0.39 is 10.8 Å². The number of furan rings is 1. The van der Waals surface area contributed by atoms with Crippen molar-refractivity contribution >= 4 is 28.0 Å². The van der Waals surface area contributed by atoms with Crippen LogP contribution in [0.2, 0.25) is 0 Å². The SMILES string of the molecule is c1ccc(C2(c3ccccc3)c3ccccc3-c3cc(N(c4cccc5c4-c4ccccc4C5(c4ccccc4)c4ccccc4)c4cccc5ccoc45)ccc32)cc1. The van der Waals surface area contributed by atoms with Crippen LogP contribution in [0.25, 0.3) is 33.2 Å². The molecular formula is C58H39NO. The summed E-state index contributed by atoms with van der Waals surface area (Å²) in [5.74, 6) is 0. The molecule has 9 aromatic carbocycles. The molecule has 0 aliphatic heterocycles. The summed E-state index contributed by atoms with van der Waals surface area (Å²) >= 11 is 0. The van der Waals surface area contributed by atoms with Gasteiger partial charge in [0.2, 0.25) is 0 Å². The second kappa shape index (κ2) is 13.4. The van der Waals surface area contributed by atoms with E-state index in [4.69, 9.17) is 4.42 Å². The molecule has 0 saturated carbocycles. The number of nitrogens with zero attached hydrogens (tertiary/aromatic N) is 1. The molecule has 10 aromatic rings. The van der Waals surface area contributed by atoms with E-state index >= 15 is 0 Å². The molecule has 0 spiro atoms. The van der Waals surface area contributed by atoms with E-state index in [-0.39, 0.29) is 0 Å². The molecule has 0 amide bonds. The van der Waals surface area contributed by atoms with E-state index in [1.165, 1.54) is 66.8 Å². The average molecular weight is 766 g/mol. The molecule has 0 atom stereocenters. The van der Waals surface area contributed by atoms with Gasteiger partial charge in [0.05, 0.1) is 28.5 Å². The zero-order valence-electron chi connectivity index (χ0n) is 32.9. The molecule has 12 rings (SSSR count). The smallest absolute Gasteiger partial charge is 0.157 e. The van der Waals surface area contributed by atoms with Crippen molar-refractivity contribution in [2.45, 2.75) is 10.8 Å². The van der Waals surface area contributed by atoms with E-state index in [9.17, 15) is 0 Å². The third-order valence-electron chi connectivity index (χ3n) is 13.1. The Hall–Kier alpha value is -7.68. The minimum Gasteiger partial charge on any atom is -0.462 e. The quantitative estimate of drug-likeness (QED) is 0.161. The van der Waals surface area contributed by atoms with E-state index in [2.05, 4.69) is 235 Å². The number of anilines is 3. The monoisotopic (exact) mass is 765 g/mol. The lowest BCUT2D eigenvalue weighted by Crippen LogP contribution is -2.28. The van der Waals surface area contributed by atoms with Crippen LogP contribution >= 0.6 is 0 Å². The van der Waals surface area contributed by atoms with Crippen molar-refractivity contribution in [3.63, 3.8) is 0 Å². The van der Waals surface area contributed by atoms with Crippen LogP contribution < -0.4 is 4.90 Å². The summed E-state index contributed by atoms with van der Waals surface area (Å²) < 4.78 is 6.40. The third kappa shape index (κ3) is 4.70. The van der Waals surface area contributed by atoms with Gasteiger partial charge in [-0.3, -0.25) is 0 Å². The molecule has 282 valence electrons. The molecule has 0 saturated heterocycles. The highest BCUT2D eigenvalue weighted by Crippen LogP contribution is 2.61. The zero-order chi connectivity index (χ0) is 39.7. The lowest BCUT2D eigenvalue weighted by atomic mass is 9.67. The summed E-state index contributed by atoms with van der Waals surface area (Å²) in [6, 6.07) is 84.6. The Morgan fingerprint density at radius 1 is 0.333 bits per heavy atom. The van der Waals surface area contributed by atoms with Gasteiger partial charge in [-0.05, 0) is 91.5 Å². The predicted molar refractivity (Wildman–Crippen MR) is 246 cm³/mol. The number of hydrogen-bond donors (Lipinski definition) is 0. The molecule has 1 aromatic heterocycles. The van der Waals surface area contributed by atoms with Crippen LogP contribution in [0.1, 0.15) is 44.5 Å². The minimum absolute atomic E-state index is 0.489. The van der Waals surface area contributed by atoms with E-state index in [1.807, 2.05) is 0 Å². The molecule has 0 unspecified atom stereocenters. The molecule has 0 N–H and O–H groups in total. The van der Waals surface area contributed by atoms with Crippen LogP contribution in [-0.2, 0) is 10.8 Å². The van der Waals surface area contributed by atoms with Crippen LogP contribution in [0.4, 0.5) is 17.1 Å². The van der Waals surface area contributed by atoms with Crippen LogP contribution in [0.5, 0.6) is 0 Å². The number of benzene rings is 9. The van der Waals surface area contributed by atoms with Gasteiger partial charge in [0.25, 0.3) is 0 Å². The van der Waals surface area contributed by atoms with Gasteiger partial charge in [-0.15, -0.1) is 0 Å². The van der Waals surface area contributed by atoms with Gasteiger partial charge < -0.3 is 9.32 Å². The van der Waals surface area contributed by atoms with Crippen LogP contribution in [-0.4, -0.2) is 0 Å². The van der Waals surface area contributed by atoms with Crippen molar-refractivity contribution in [2.75, 3.05) is 4.90 Å². The first-order valence-corrected chi connectivity index (χ1v) is 20.8. The third-order valence-corrected chi connectivity index (χ3v) is 13.1. The Morgan fingerprint density at radius 3 is 1.42 bits per heavy atom. The predicted octanol–water partition coefficient (Wildman–Crippen LogP) is 14.6. The maximum Gasteiger partial charge on any atom is 0.157 e. The number of fused-ring (bicyclic) bond motifs is 7. The molecule has 0 fully saturated rings. The minimum atomic E-state index is -0.533.